The van der Waals surface area contributed by atoms with Crippen LogP contribution >= 0.6 is 11.8 Å². The summed E-state index contributed by atoms with van der Waals surface area (Å²) in [7, 11) is 1.92. The fourth-order valence-electron chi connectivity index (χ4n) is 2.34. The van der Waals surface area contributed by atoms with Crippen molar-refractivity contribution in [1.82, 2.24) is 10.2 Å². The Balaban J connectivity index is 1.68. The van der Waals surface area contributed by atoms with Crippen LogP contribution < -0.4 is 5.32 Å². The van der Waals surface area contributed by atoms with Gasteiger partial charge in [-0.05, 0) is 25.2 Å². The minimum Gasteiger partial charge on any atom is -0.381 e. The van der Waals surface area contributed by atoms with Crippen molar-refractivity contribution in [1.29, 1.82) is 0 Å². The summed E-state index contributed by atoms with van der Waals surface area (Å²) >= 11 is 1.80. The lowest BCUT2D eigenvalue weighted by Gasteiger charge is -2.26. The third-order valence-corrected chi connectivity index (χ3v) is 4.54. The summed E-state index contributed by atoms with van der Waals surface area (Å²) < 4.78 is 5.34. The normalized spacial score (nSPS) is 26.1. The molecule has 0 aliphatic carbocycles. The largest absolute Gasteiger partial charge is 0.381 e. The highest BCUT2D eigenvalue weighted by atomic mass is 32.2. The van der Waals surface area contributed by atoms with Gasteiger partial charge in [-0.15, -0.1) is 11.8 Å². The molecule has 2 heterocycles. The predicted molar refractivity (Wildman–Crippen MR) is 70.0 cm³/mol. The zero-order chi connectivity index (χ0) is 12.1. The number of carbonyl (C=O) groups excluding carboxylic acids is 1. The first-order valence-electron chi connectivity index (χ1n) is 6.41. The van der Waals surface area contributed by atoms with Crippen LogP contribution in [0.5, 0.6) is 0 Å². The number of ether oxygens (including phenoxy) is 1. The van der Waals surface area contributed by atoms with Crippen molar-refractivity contribution >= 4 is 17.7 Å². The minimum atomic E-state index is 0.0414. The second-order valence-electron chi connectivity index (χ2n) is 4.88. The Morgan fingerprint density at radius 2 is 2.24 bits per heavy atom. The summed E-state index contributed by atoms with van der Waals surface area (Å²) in [6, 6.07) is 0.0414. The molecule has 1 N–H and O–H groups in total. The highest BCUT2D eigenvalue weighted by molar-refractivity contribution is 7.99. The van der Waals surface area contributed by atoms with Crippen LogP contribution in [0.15, 0.2) is 0 Å². The number of hydrogen-bond donors (Lipinski definition) is 1. The monoisotopic (exact) mass is 258 g/mol. The Morgan fingerprint density at radius 1 is 1.47 bits per heavy atom. The number of hydrogen-bond acceptors (Lipinski definition) is 4. The second kappa shape index (κ2) is 6.61. The molecule has 1 amide bonds. The van der Waals surface area contributed by atoms with Crippen molar-refractivity contribution in [3.63, 3.8) is 0 Å². The molecule has 4 nitrogen and oxygen atoms in total. The second-order valence-corrected chi connectivity index (χ2v) is 5.91. The minimum absolute atomic E-state index is 0.0414. The zero-order valence-electron chi connectivity index (χ0n) is 10.5. The van der Waals surface area contributed by atoms with Gasteiger partial charge < -0.3 is 9.64 Å². The molecule has 2 aliphatic rings. The van der Waals surface area contributed by atoms with Crippen molar-refractivity contribution < 1.29 is 9.53 Å². The van der Waals surface area contributed by atoms with Gasteiger partial charge in [0.2, 0.25) is 5.91 Å². The molecule has 0 aromatic rings. The highest BCUT2D eigenvalue weighted by Crippen LogP contribution is 2.19. The molecule has 0 radical (unpaired) electrons. The van der Waals surface area contributed by atoms with Crippen LogP contribution in [0, 0.1) is 5.92 Å². The molecule has 1 unspecified atom stereocenters. The zero-order valence-corrected chi connectivity index (χ0v) is 11.3. The van der Waals surface area contributed by atoms with E-state index in [2.05, 4.69) is 5.32 Å². The maximum Gasteiger partial charge on any atom is 0.240 e. The molecule has 98 valence electrons. The van der Waals surface area contributed by atoms with Gasteiger partial charge in [0.1, 0.15) is 0 Å². The Kier molecular flexibility index (Phi) is 5.13. The van der Waals surface area contributed by atoms with Gasteiger partial charge >= 0.3 is 0 Å². The molecule has 2 saturated heterocycles. The Bertz CT molecular complexity index is 251. The first-order valence-corrected chi connectivity index (χ1v) is 7.56. The number of thioether (sulfide) groups is 1. The van der Waals surface area contributed by atoms with Crippen molar-refractivity contribution in [3.8, 4) is 0 Å². The van der Waals surface area contributed by atoms with E-state index in [9.17, 15) is 4.79 Å². The van der Waals surface area contributed by atoms with Gasteiger partial charge in [-0.2, -0.15) is 0 Å². The molecule has 2 rings (SSSR count). The molecular formula is C12H22N2O2S. The first kappa shape index (κ1) is 13.2. The molecule has 2 fully saturated rings. The topological polar surface area (TPSA) is 41.6 Å². The van der Waals surface area contributed by atoms with E-state index in [-0.39, 0.29) is 11.9 Å². The van der Waals surface area contributed by atoms with E-state index in [0.29, 0.717) is 0 Å². The molecule has 0 saturated carbocycles. The van der Waals surface area contributed by atoms with E-state index in [4.69, 9.17) is 4.74 Å². The molecule has 0 bridgehead atoms. The van der Waals surface area contributed by atoms with Crippen LogP contribution in [0.4, 0.5) is 0 Å². The standard InChI is InChI=1S/C12H22N2O2S/c1-14(12(15)11-8-17-9-13-11)5-2-10-3-6-16-7-4-10/h10-11,13H,2-9H2,1H3. The third kappa shape index (κ3) is 3.86. The number of likely N-dealkylation sites (N-methyl/N-ethyl adjacent to an activating group) is 1. The molecule has 5 heteroatoms. The molecule has 0 aromatic carbocycles. The summed E-state index contributed by atoms with van der Waals surface area (Å²) in [6.45, 7) is 2.67. The average Bonchev–Trinajstić information content (AvgIpc) is 2.90. The van der Waals surface area contributed by atoms with Gasteiger partial charge in [-0.3, -0.25) is 10.1 Å². The van der Waals surface area contributed by atoms with Crippen LogP contribution in [0.25, 0.3) is 0 Å². The van der Waals surface area contributed by atoms with Gasteiger partial charge in [0, 0.05) is 38.4 Å². The lowest BCUT2D eigenvalue weighted by molar-refractivity contribution is -0.131. The molecule has 17 heavy (non-hydrogen) atoms. The van der Waals surface area contributed by atoms with E-state index >= 15 is 0 Å². The lowest BCUT2D eigenvalue weighted by atomic mass is 9.96. The number of carbonyl (C=O) groups is 1. The quantitative estimate of drug-likeness (QED) is 0.814. The molecular weight excluding hydrogens is 236 g/mol. The van der Waals surface area contributed by atoms with Crippen LogP contribution in [0.2, 0.25) is 0 Å². The Hall–Kier alpha value is -0.260. The van der Waals surface area contributed by atoms with E-state index in [1.807, 2.05) is 11.9 Å². The van der Waals surface area contributed by atoms with Crippen molar-refractivity contribution in [2.24, 2.45) is 5.92 Å². The fourth-order valence-corrected chi connectivity index (χ4v) is 3.27. The number of amides is 1. The smallest absolute Gasteiger partial charge is 0.240 e. The summed E-state index contributed by atoms with van der Waals surface area (Å²) in [5.41, 5.74) is 0. The lowest BCUT2D eigenvalue weighted by Crippen LogP contribution is -2.43. The summed E-state index contributed by atoms with van der Waals surface area (Å²) in [6.07, 6.45) is 3.42. The first-order chi connectivity index (χ1) is 8.27. The number of nitrogens with zero attached hydrogens (tertiary/aromatic N) is 1. The average molecular weight is 258 g/mol. The van der Waals surface area contributed by atoms with E-state index in [1.165, 1.54) is 0 Å². The van der Waals surface area contributed by atoms with Gasteiger partial charge in [-0.25, -0.2) is 0 Å². The Labute approximate surface area is 107 Å². The van der Waals surface area contributed by atoms with Gasteiger partial charge in [0.05, 0.1) is 6.04 Å². The molecule has 1 atom stereocenters. The van der Waals surface area contributed by atoms with E-state index in [0.717, 1.165) is 56.6 Å². The number of nitrogens with one attached hydrogen (secondary N) is 1. The number of rotatable bonds is 4. The van der Waals surface area contributed by atoms with E-state index in [1.54, 1.807) is 11.8 Å². The molecule has 0 aromatic heterocycles. The summed E-state index contributed by atoms with van der Waals surface area (Å²) in [5.74, 6) is 2.82. The van der Waals surface area contributed by atoms with Gasteiger partial charge in [0.15, 0.2) is 0 Å². The Morgan fingerprint density at radius 3 is 2.88 bits per heavy atom. The van der Waals surface area contributed by atoms with Crippen molar-refractivity contribution in [3.05, 3.63) is 0 Å². The third-order valence-electron chi connectivity index (χ3n) is 3.60. The van der Waals surface area contributed by atoms with Gasteiger partial charge in [-0.1, -0.05) is 0 Å². The van der Waals surface area contributed by atoms with Crippen LogP contribution in [0.1, 0.15) is 19.3 Å². The summed E-state index contributed by atoms with van der Waals surface area (Å²) in [4.78, 5) is 13.9. The SMILES string of the molecule is CN(CCC1CCOCC1)C(=O)C1CSCN1. The maximum atomic E-state index is 12.0. The molecule has 2 aliphatic heterocycles. The van der Waals surface area contributed by atoms with E-state index < -0.39 is 0 Å². The predicted octanol–water partition coefficient (Wildman–Crippen LogP) is 0.924. The van der Waals surface area contributed by atoms with Crippen LogP contribution in [-0.4, -0.2) is 55.3 Å². The maximum absolute atomic E-state index is 12.0. The fraction of sp³-hybridized carbons (Fsp3) is 0.917. The van der Waals surface area contributed by atoms with Crippen LogP contribution in [0.3, 0.4) is 0 Å². The van der Waals surface area contributed by atoms with Gasteiger partial charge in [0.25, 0.3) is 0 Å². The van der Waals surface area contributed by atoms with Crippen LogP contribution in [-0.2, 0) is 9.53 Å². The highest BCUT2D eigenvalue weighted by Gasteiger charge is 2.25. The molecule has 0 spiro atoms. The van der Waals surface area contributed by atoms with Crippen molar-refractivity contribution in [2.75, 3.05) is 38.4 Å². The van der Waals surface area contributed by atoms with Crippen molar-refractivity contribution in [2.45, 2.75) is 25.3 Å². The summed E-state index contributed by atoms with van der Waals surface area (Å²) in [5, 5.41) is 3.23.